The van der Waals surface area contributed by atoms with Crippen LogP contribution in [0.2, 0.25) is 5.02 Å². The first-order chi connectivity index (χ1) is 6.16. The lowest BCUT2D eigenvalue weighted by molar-refractivity contribution is 0.639. The Kier molecular flexibility index (Phi) is 1.77. The Balaban J connectivity index is 2.86. The monoisotopic (exact) mass is 197 g/mol. The summed E-state index contributed by atoms with van der Waals surface area (Å²) in [5.41, 5.74) is 5.75. The van der Waals surface area contributed by atoms with Crippen molar-refractivity contribution in [3.05, 3.63) is 29.2 Å². The molecule has 13 heavy (non-hydrogen) atoms. The number of fused-ring (bicyclic) bond motifs is 1. The second kappa shape index (κ2) is 2.81. The van der Waals surface area contributed by atoms with Crippen molar-refractivity contribution in [2.24, 2.45) is 0 Å². The topological polar surface area (TPSA) is 51.8 Å². The van der Waals surface area contributed by atoms with E-state index in [1.165, 1.54) is 18.3 Å². The molecule has 0 aliphatic rings. The molecule has 66 valence electrons. The maximum absolute atomic E-state index is 13.2. The van der Waals surface area contributed by atoms with Crippen LogP contribution in [0.25, 0.3) is 10.9 Å². The van der Waals surface area contributed by atoms with Gasteiger partial charge in [0.05, 0.1) is 10.9 Å². The molecule has 1 aromatic heterocycles. The SMILES string of the molecule is Nc1ncc2c(F)cc(Cl)cc2n1. The molecule has 0 atom stereocenters. The molecule has 2 rings (SSSR count). The summed E-state index contributed by atoms with van der Waals surface area (Å²) in [5.74, 6) is -0.336. The predicted octanol–water partition coefficient (Wildman–Crippen LogP) is 2.00. The van der Waals surface area contributed by atoms with Crippen molar-refractivity contribution >= 4 is 28.5 Å². The first kappa shape index (κ1) is 8.19. The van der Waals surface area contributed by atoms with Gasteiger partial charge < -0.3 is 5.73 Å². The number of rotatable bonds is 0. The lowest BCUT2D eigenvalue weighted by Crippen LogP contribution is -1.95. The lowest BCUT2D eigenvalue weighted by atomic mass is 10.2. The van der Waals surface area contributed by atoms with E-state index in [0.29, 0.717) is 15.9 Å². The van der Waals surface area contributed by atoms with Gasteiger partial charge in [0.1, 0.15) is 5.82 Å². The second-order valence-corrected chi connectivity index (χ2v) is 2.99. The summed E-state index contributed by atoms with van der Waals surface area (Å²) < 4.78 is 13.2. The van der Waals surface area contributed by atoms with Gasteiger partial charge in [-0.2, -0.15) is 0 Å². The van der Waals surface area contributed by atoms with Gasteiger partial charge in [-0.05, 0) is 12.1 Å². The number of hydrogen-bond acceptors (Lipinski definition) is 3. The second-order valence-electron chi connectivity index (χ2n) is 2.55. The number of aromatic nitrogens is 2. The smallest absolute Gasteiger partial charge is 0.220 e. The Labute approximate surface area is 78.4 Å². The maximum atomic E-state index is 13.2. The minimum absolute atomic E-state index is 0.106. The summed E-state index contributed by atoms with van der Waals surface area (Å²) in [6, 6.07) is 2.75. The third-order valence-electron chi connectivity index (χ3n) is 1.63. The predicted molar refractivity (Wildman–Crippen MR) is 48.9 cm³/mol. The molecule has 0 aliphatic heterocycles. The molecule has 0 radical (unpaired) electrons. The maximum Gasteiger partial charge on any atom is 0.220 e. The fourth-order valence-corrected chi connectivity index (χ4v) is 1.27. The van der Waals surface area contributed by atoms with Crippen molar-refractivity contribution in [1.29, 1.82) is 0 Å². The summed E-state index contributed by atoms with van der Waals surface area (Å²) in [5, 5.41) is 0.613. The highest BCUT2D eigenvalue weighted by Crippen LogP contribution is 2.20. The largest absolute Gasteiger partial charge is 0.368 e. The fourth-order valence-electron chi connectivity index (χ4n) is 1.07. The summed E-state index contributed by atoms with van der Waals surface area (Å²) in [6.45, 7) is 0. The number of nitrogens with two attached hydrogens (primary N) is 1. The molecule has 0 fully saturated rings. The zero-order valence-electron chi connectivity index (χ0n) is 6.46. The van der Waals surface area contributed by atoms with Crippen LogP contribution in [-0.4, -0.2) is 9.97 Å². The van der Waals surface area contributed by atoms with Crippen LogP contribution in [0.5, 0.6) is 0 Å². The number of halogens is 2. The first-order valence-corrected chi connectivity index (χ1v) is 3.92. The van der Waals surface area contributed by atoms with Crippen LogP contribution in [0.15, 0.2) is 18.3 Å². The van der Waals surface area contributed by atoms with E-state index in [1.807, 2.05) is 0 Å². The number of nitrogen functional groups attached to an aromatic ring is 1. The molecule has 0 bridgehead atoms. The normalized spacial score (nSPS) is 10.6. The molecule has 0 spiro atoms. The third-order valence-corrected chi connectivity index (χ3v) is 1.85. The van der Waals surface area contributed by atoms with Crippen LogP contribution in [-0.2, 0) is 0 Å². The zero-order chi connectivity index (χ0) is 9.42. The highest BCUT2D eigenvalue weighted by molar-refractivity contribution is 6.31. The highest BCUT2D eigenvalue weighted by Gasteiger charge is 2.04. The van der Waals surface area contributed by atoms with Crippen LogP contribution in [0, 0.1) is 5.82 Å². The quantitative estimate of drug-likeness (QED) is 0.703. The molecule has 0 saturated carbocycles. The van der Waals surface area contributed by atoms with E-state index in [0.717, 1.165) is 0 Å². The van der Waals surface area contributed by atoms with Crippen molar-refractivity contribution < 1.29 is 4.39 Å². The Bertz CT molecular complexity index is 467. The molecule has 5 heteroatoms. The lowest BCUT2D eigenvalue weighted by Gasteiger charge is -1.99. The van der Waals surface area contributed by atoms with E-state index in [2.05, 4.69) is 9.97 Å². The van der Waals surface area contributed by atoms with Gasteiger partial charge in [-0.3, -0.25) is 0 Å². The van der Waals surface area contributed by atoms with E-state index in [4.69, 9.17) is 17.3 Å². The van der Waals surface area contributed by atoms with Gasteiger partial charge in [0, 0.05) is 11.2 Å². The standard InChI is InChI=1S/C8H5ClFN3/c9-4-1-6(10)5-3-12-8(11)13-7(5)2-4/h1-3H,(H2,11,12,13). The summed E-state index contributed by atoms with van der Waals surface area (Å²) >= 11 is 5.64. The average Bonchev–Trinajstić information content (AvgIpc) is 2.02. The molecule has 0 unspecified atom stereocenters. The molecule has 0 aliphatic carbocycles. The highest BCUT2D eigenvalue weighted by atomic mass is 35.5. The summed E-state index contributed by atoms with van der Waals surface area (Å²) in [7, 11) is 0. The van der Waals surface area contributed by atoms with E-state index < -0.39 is 5.82 Å². The van der Waals surface area contributed by atoms with Gasteiger partial charge in [0.2, 0.25) is 5.95 Å². The molecule has 2 N–H and O–H groups in total. The van der Waals surface area contributed by atoms with E-state index in [1.54, 1.807) is 0 Å². The zero-order valence-corrected chi connectivity index (χ0v) is 7.22. The van der Waals surface area contributed by atoms with Gasteiger partial charge in [-0.25, -0.2) is 14.4 Å². The van der Waals surface area contributed by atoms with Crippen LogP contribution in [0.1, 0.15) is 0 Å². The van der Waals surface area contributed by atoms with Crippen LogP contribution < -0.4 is 5.73 Å². The van der Waals surface area contributed by atoms with Crippen molar-refractivity contribution in [3.63, 3.8) is 0 Å². The van der Waals surface area contributed by atoms with Crippen molar-refractivity contribution in [2.45, 2.75) is 0 Å². The van der Waals surface area contributed by atoms with Gasteiger partial charge in [-0.15, -0.1) is 0 Å². The Hall–Kier alpha value is -1.42. The molecule has 0 saturated heterocycles. The van der Waals surface area contributed by atoms with Crippen molar-refractivity contribution in [3.8, 4) is 0 Å². The van der Waals surface area contributed by atoms with Crippen LogP contribution in [0.4, 0.5) is 10.3 Å². The number of anilines is 1. The van der Waals surface area contributed by atoms with E-state index in [9.17, 15) is 4.39 Å². The molecular weight excluding hydrogens is 193 g/mol. The van der Waals surface area contributed by atoms with Crippen LogP contribution >= 0.6 is 11.6 Å². The van der Waals surface area contributed by atoms with Crippen LogP contribution in [0.3, 0.4) is 0 Å². The Morgan fingerprint density at radius 1 is 1.38 bits per heavy atom. The molecule has 2 aromatic rings. The number of hydrogen-bond donors (Lipinski definition) is 1. The number of nitrogens with zero attached hydrogens (tertiary/aromatic N) is 2. The molecule has 0 amide bonds. The molecule has 1 aromatic carbocycles. The molecule has 3 nitrogen and oxygen atoms in total. The average molecular weight is 198 g/mol. The minimum atomic E-state index is -0.442. The summed E-state index contributed by atoms with van der Waals surface area (Å²) in [4.78, 5) is 7.52. The van der Waals surface area contributed by atoms with Crippen molar-refractivity contribution in [2.75, 3.05) is 5.73 Å². The van der Waals surface area contributed by atoms with Gasteiger partial charge in [-0.1, -0.05) is 11.6 Å². The van der Waals surface area contributed by atoms with E-state index >= 15 is 0 Å². The first-order valence-electron chi connectivity index (χ1n) is 3.54. The minimum Gasteiger partial charge on any atom is -0.368 e. The van der Waals surface area contributed by atoms with Gasteiger partial charge >= 0.3 is 0 Å². The van der Waals surface area contributed by atoms with Gasteiger partial charge in [0.15, 0.2) is 0 Å². The fraction of sp³-hybridized carbons (Fsp3) is 0. The molecule has 1 heterocycles. The Morgan fingerprint density at radius 2 is 2.15 bits per heavy atom. The van der Waals surface area contributed by atoms with E-state index in [-0.39, 0.29) is 5.95 Å². The third kappa shape index (κ3) is 1.40. The number of benzene rings is 1. The Morgan fingerprint density at radius 3 is 2.92 bits per heavy atom. The van der Waals surface area contributed by atoms with Gasteiger partial charge in [0.25, 0.3) is 0 Å². The molecular formula is C8H5ClFN3. The van der Waals surface area contributed by atoms with Crippen molar-refractivity contribution in [1.82, 2.24) is 9.97 Å². The summed E-state index contributed by atoms with van der Waals surface area (Å²) in [6.07, 6.45) is 1.34.